The predicted molar refractivity (Wildman–Crippen MR) is 135 cm³/mol. The Morgan fingerprint density at radius 1 is 0.727 bits per heavy atom. The third-order valence-electron chi connectivity index (χ3n) is 6.89. The fraction of sp³-hybridized carbons (Fsp3) is 0.0667. The summed E-state index contributed by atoms with van der Waals surface area (Å²) in [5, 5.41) is 1.14. The van der Waals surface area contributed by atoms with Crippen LogP contribution in [0.1, 0.15) is 28.4 Å². The highest BCUT2D eigenvalue weighted by Gasteiger charge is 2.39. The quantitative estimate of drug-likeness (QED) is 0.301. The minimum atomic E-state index is 0.0633. The van der Waals surface area contributed by atoms with Gasteiger partial charge in [-0.3, -0.25) is 0 Å². The molecule has 1 atom stereocenters. The largest absolute Gasteiger partial charge is 0.496 e. The van der Waals surface area contributed by atoms with Crippen molar-refractivity contribution in [3.8, 4) is 11.4 Å². The first-order valence-electron chi connectivity index (χ1n) is 11.3. The number of para-hydroxylation sites is 2. The normalized spacial score (nSPS) is 15.8. The number of fused-ring (bicyclic) bond motifs is 10. The second-order valence-electron chi connectivity index (χ2n) is 8.58. The van der Waals surface area contributed by atoms with E-state index in [2.05, 4.69) is 113 Å². The van der Waals surface area contributed by atoms with E-state index in [-0.39, 0.29) is 6.04 Å². The highest BCUT2D eigenvalue weighted by atomic mass is 16.5. The van der Waals surface area contributed by atoms with Crippen LogP contribution in [-0.2, 0) is 0 Å². The van der Waals surface area contributed by atoms with Crippen LogP contribution in [0.3, 0.4) is 0 Å². The van der Waals surface area contributed by atoms with Crippen molar-refractivity contribution in [2.75, 3.05) is 12.0 Å². The summed E-state index contributed by atoms with van der Waals surface area (Å²) in [6.45, 7) is 0. The van der Waals surface area contributed by atoms with E-state index in [0.29, 0.717) is 0 Å². The Labute approximate surface area is 192 Å². The zero-order valence-corrected chi connectivity index (χ0v) is 18.3. The van der Waals surface area contributed by atoms with Crippen LogP contribution in [0.25, 0.3) is 28.4 Å². The van der Waals surface area contributed by atoms with E-state index in [0.717, 1.165) is 11.1 Å². The van der Waals surface area contributed by atoms with Gasteiger partial charge in [-0.05, 0) is 53.1 Å². The van der Waals surface area contributed by atoms with Crippen LogP contribution in [0.5, 0.6) is 5.75 Å². The average molecular weight is 427 g/mol. The molecule has 0 spiro atoms. The number of hydrogen-bond donors (Lipinski definition) is 0. The Balaban J connectivity index is 1.61. The molecule has 3 heteroatoms. The number of anilines is 1. The van der Waals surface area contributed by atoms with Crippen molar-refractivity contribution in [1.29, 1.82) is 0 Å². The van der Waals surface area contributed by atoms with E-state index < -0.39 is 0 Å². The summed E-state index contributed by atoms with van der Waals surface area (Å²) in [4.78, 5) is 2.51. The molecule has 33 heavy (non-hydrogen) atoms. The molecule has 0 fully saturated rings. The van der Waals surface area contributed by atoms with Gasteiger partial charge in [-0.25, -0.2) is 0 Å². The van der Waals surface area contributed by atoms with Gasteiger partial charge in [0, 0.05) is 5.39 Å². The van der Waals surface area contributed by atoms with Gasteiger partial charge in [0.05, 0.1) is 35.4 Å². The number of aromatic nitrogens is 1. The summed E-state index contributed by atoms with van der Waals surface area (Å²) in [5.41, 5.74) is 9.83. The molecule has 0 radical (unpaired) electrons. The van der Waals surface area contributed by atoms with Crippen molar-refractivity contribution in [1.82, 2.24) is 4.57 Å². The van der Waals surface area contributed by atoms with Crippen molar-refractivity contribution in [2.24, 2.45) is 0 Å². The Kier molecular flexibility index (Phi) is 3.82. The van der Waals surface area contributed by atoms with E-state index >= 15 is 0 Å². The van der Waals surface area contributed by atoms with Crippen LogP contribution in [-0.4, -0.2) is 11.7 Å². The molecule has 2 aliphatic rings. The molecular formula is C30H22N2O. The molecule has 0 saturated carbocycles. The Hall–Kier alpha value is -4.24. The summed E-state index contributed by atoms with van der Waals surface area (Å²) in [6.07, 6.45) is 2.33. The molecule has 158 valence electrons. The second-order valence-corrected chi connectivity index (χ2v) is 8.58. The van der Waals surface area contributed by atoms with E-state index in [9.17, 15) is 0 Å². The minimum Gasteiger partial charge on any atom is -0.496 e. The van der Waals surface area contributed by atoms with Gasteiger partial charge in [-0.2, -0.15) is 0 Å². The first kappa shape index (κ1) is 18.3. The van der Waals surface area contributed by atoms with Crippen LogP contribution in [0.15, 0.2) is 103 Å². The van der Waals surface area contributed by atoms with Crippen LogP contribution in [0, 0.1) is 0 Å². The molecule has 3 nitrogen and oxygen atoms in total. The number of methoxy groups -OCH3 is 1. The van der Waals surface area contributed by atoms with E-state index in [1.807, 2.05) is 6.07 Å². The number of ether oxygens (including phenoxy) is 1. The standard InChI is InChI=1S/C30H22N2O/c1-33-29-17-9-16-24-23(29)19-28-30-22-13-6-5-12-21(22)18-27(20-10-3-2-4-11-20)32(30)26-15-8-7-14-25(26)31(24)28/h2-19,30H,1H3. The van der Waals surface area contributed by atoms with E-state index in [1.54, 1.807) is 7.11 Å². The first-order chi connectivity index (χ1) is 16.3. The maximum atomic E-state index is 5.75. The predicted octanol–water partition coefficient (Wildman–Crippen LogP) is 7.06. The maximum absolute atomic E-state index is 5.75. The first-order valence-corrected chi connectivity index (χ1v) is 11.3. The summed E-state index contributed by atoms with van der Waals surface area (Å²) < 4.78 is 8.17. The van der Waals surface area contributed by atoms with Crippen LogP contribution in [0.2, 0.25) is 0 Å². The number of rotatable bonds is 2. The van der Waals surface area contributed by atoms with Crippen molar-refractivity contribution in [3.63, 3.8) is 0 Å². The summed E-state index contributed by atoms with van der Waals surface area (Å²) in [7, 11) is 1.75. The van der Waals surface area contributed by atoms with Crippen molar-refractivity contribution < 1.29 is 4.74 Å². The number of hydrogen-bond acceptors (Lipinski definition) is 2. The SMILES string of the molecule is COc1cccc2c1cc1n2-c2ccccc2N2C(c3ccccc3)=Cc3ccccc3C12. The fourth-order valence-corrected chi connectivity index (χ4v) is 5.51. The summed E-state index contributed by atoms with van der Waals surface area (Å²) in [6, 6.07) is 36.9. The Bertz CT molecular complexity index is 1560. The lowest BCUT2D eigenvalue weighted by Gasteiger charge is -2.44. The summed E-state index contributed by atoms with van der Waals surface area (Å²) in [5.74, 6) is 0.904. The Morgan fingerprint density at radius 3 is 2.33 bits per heavy atom. The molecule has 5 aromatic rings. The second kappa shape index (κ2) is 6.88. The number of nitrogens with zero attached hydrogens (tertiary/aromatic N) is 2. The molecule has 1 aromatic heterocycles. The molecule has 2 aliphatic heterocycles. The van der Waals surface area contributed by atoms with Crippen LogP contribution in [0.4, 0.5) is 5.69 Å². The van der Waals surface area contributed by atoms with Gasteiger partial charge in [0.25, 0.3) is 0 Å². The van der Waals surface area contributed by atoms with Crippen molar-refractivity contribution >= 4 is 28.4 Å². The maximum Gasteiger partial charge on any atom is 0.128 e. The summed E-state index contributed by atoms with van der Waals surface area (Å²) >= 11 is 0. The molecule has 0 aliphatic carbocycles. The molecule has 7 rings (SSSR count). The lowest BCUT2D eigenvalue weighted by Crippen LogP contribution is -2.36. The zero-order valence-electron chi connectivity index (χ0n) is 18.3. The average Bonchev–Trinajstić information content (AvgIpc) is 3.28. The Morgan fingerprint density at radius 2 is 1.48 bits per heavy atom. The zero-order chi connectivity index (χ0) is 21.9. The smallest absolute Gasteiger partial charge is 0.128 e. The fourth-order valence-electron chi connectivity index (χ4n) is 5.51. The van der Waals surface area contributed by atoms with Crippen molar-refractivity contribution in [3.05, 3.63) is 126 Å². The lowest BCUT2D eigenvalue weighted by molar-refractivity contribution is 0.420. The van der Waals surface area contributed by atoms with Crippen LogP contribution >= 0.6 is 0 Å². The van der Waals surface area contributed by atoms with Gasteiger partial charge in [-0.1, -0.05) is 72.8 Å². The monoisotopic (exact) mass is 426 g/mol. The van der Waals surface area contributed by atoms with Crippen LogP contribution < -0.4 is 9.64 Å². The van der Waals surface area contributed by atoms with Gasteiger partial charge in [0.15, 0.2) is 0 Å². The molecule has 1 unspecified atom stereocenters. The third kappa shape index (κ3) is 2.50. The highest BCUT2D eigenvalue weighted by molar-refractivity contribution is 5.99. The van der Waals surface area contributed by atoms with Gasteiger partial charge in [0.1, 0.15) is 11.8 Å². The van der Waals surface area contributed by atoms with E-state index in [1.165, 1.54) is 45.0 Å². The van der Waals surface area contributed by atoms with Gasteiger partial charge in [0.2, 0.25) is 0 Å². The lowest BCUT2D eigenvalue weighted by atomic mass is 9.88. The molecule has 0 saturated heterocycles. The third-order valence-corrected chi connectivity index (χ3v) is 6.89. The molecule has 3 heterocycles. The van der Waals surface area contributed by atoms with Crippen molar-refractivity contribution in [2.45, 2.75) is 6.04 Å². The van der Waals surface area contributed by atoms with Gasteiger partial charge >= 0.3 is 0 Å². The molecular weight excluding hydrogens is 404 g/mol. The molecule has 0 N–H and O–H groups in total. The van der Waals surface area contributed by atoms with Gasteiger partial charge < -0.3 is 14.2 Å². The highest BCUT2D eigenvalue weighted by Crippen LogP contribution is 2.52. The molecule has 0 bridgehead atoms. The number of benzene rings is 4. The molecule has 4 aromatic carbocycles. The van der Waals surface area contributed by atoms with E-state index in [4.69, 9.17) is 4.74 Å². The van der Waals surface area contributed by atoms with Gasteiger partial charge in [-0.15, -0.1) is 0 Å². The molecule has 0 amide bonds. The topological polar surface area (TPSA) is 17.4 Å². The minimum absolute atomic E-state index is 0.0633.